The maximum Gasteiger partial charge on any atom is 0.271 e. The van der Waals surface area contributed by atoms with Crippen molar-refractivity contribution < 1.29 is 28.9 Å². The van der Waals surface area contributed by atoms with Crippen molar-refractivity contribution >= 4 is 34.6 Å². The number of hydrogen-bond acceptors (Lipinski definition) is 9. The number of amides is 2. The maximum atomic E-state index is 13.8. The lowest BCUT2D eigenvalue weighted by Crippen LogP contribution is -2.35. The van der Waals surface area contributed by atoms with E-state index < -0.39 is 27.6 Å². The molecule has 0 aliphatic carbocycles. The van der Waals surface area contributed by atoms with Gasteiger partial charge in [-0.2, -0.15) is 0 Å². The first-order chi connectivity index (χ1) is 20.0. The molecule has 4 rings (SSSR count). The van der Waals surface area contributed by atoms with Crippen LogP contribution in [0.2, 0.25) is 0 Å². The number of nitrogens with zero attached hydrogens (tertiary/aromatic N) is 2. The number of benzene rings is 3. The van der Waals surface area contributed by atoms with Gasteiger partial charge in [0.25, 0.3) is 23.2 Å². The highest BCUT2D eigenvalue weighted by atomic mass is 16.6. The molecule has 0 aromatic heterocycles. The Balaban J connectivity index is 1.81. The fourth-order valence-corrected chi connectivity index (χ4v) is 4.75. The zero-order valence-electron chi connectivity index (χ0n) is 23.1. The Morgan fingerprint density at radius 1 is 0.738 bits per heavy atom. The summed E-state index contributed by atoms with van der Waals surface area (Å²) in [7, 11) is 2.93. The van der Waals surface area contributed by atoms with Crippen LogP contribution in [0, 0.1) is 20.2 Å². The first-order valence-electron chi connectivity index (χ1n) is 12.6. The Bertz CT molecular complexity index is 1570. The van der Waals surface area contributed by atoms with Crippen LogP contribution in [0.3, 0.4) is 0 Å². The van der Waals surface area contributed by atoms with E-state index in [1.54, 1.807) is 32.0 Å². The Hall–Kier alpha value is -5.72. The van der Waals surface area contributed by atoms with Crippen molar-refractivity contribution in [3.63, 3.8) is 0 Å². The van der Waals surface area contributed by atoms with Crippen LogP contribution in [0.1, 0.15) is 25.3 Å². The van der Waals surface area contributed by atoms with Gasteiger partial charge in [-0.1, -0.05) is 18.2 Å². The minimum Gasteiger partial charge on any atom is -0.493 e. The van der Waals surface area contributed by atoms with Gasteiger partial charge in [-0.15, -0.1) is 0 Å². The van der Waals surface area contributed by atoms with Crippen LogP contribution < -0.4 is 25.4 Å². The molecule has 3 aromatic rings. The van der Waals surface area contributed by atoms with Crippen molar-refractivity contribution in [1.29, 1.82) is 0 Å². The van der Waals surface area contributed by atoms with Crippen molar-refractivity contribution in [3.8, 4) is 11.5 Å². The van der Waals surface area contributed by atoms with Crippen molar-refractivity contribution in [2.45, 2.75) is 19.8 Å². The average molecular weight is 574 g/mol. The summed E-state index contributed by atoms with van der Waals surface area (Å²) >= 11 is 0. The topological polar surface area (TPSA) is 175 Å². The molecule has 0 spiro atoms. The predicted octanol–water partition coefficient (Wildman–Crippen LogP) is 5.03. The summed E-state index contributed by atoms with van der Waals surface area (Å²) in [6.07, 6.45) is 0. The van der Waals surface area contributed by atoms with Crippen molar-refractivity contribution in [1.82, 2.24) is 5.32 Å². The number of nitro groups is 2. The third-order valence-electron chi connectivity index (χ3n) is 6.62. The van der Waals surface area contributed by atoms with Crippen molar-refractivity contribution in [3.05, 3.63) is 115 Å². The Morgan fingerprint density at radius 2 is 1.21 bits per heavy atom. The van der Waals surface area contributed by atoms with E-state index in [0.717, 1.165) is 0 Å². The number of non-ortho nitro benzene ring substituents is 2. The molecule has 0 atom stereocenters. The zero-order valence-corrected chi connectivity index (χ0v) is 23.1. The normalized spacial score (nSPS) is 13.2. The van der Waals surface area contributed by atoms with Crippen LogP contribution in [0.5, 0.6) is 11.5 Å². The van der Waals surface area contributed by atoms with E-state index in [9.17, 15) is 29.8 Å². The molecule has 0 radical (unpaired) electrons. The summed E-state index contributed by atoms with van der Waals surface area (Å²) < 4.78 is 10.8. The molecule has 42 heavy (non-hydrogen) atoms. The van der Waals surface area contributed by atoms with Gasteiger partial charge in [0.15, 0.2) is 11.5 Å². The van der Waals surface area contributed by atoms with Crippen LogP contribution >= 0.6 is 0 Å². The highest BCUT2D eigenvalue weighted by Crippen LogP contribution is 2.42. The lowest BCUT2D eigenvalue weighted by Gasteiger charge is -2.31. The number of hydrogen-bond donors (Lipinski definition) is 3. The number of anilines is 2. The van der Waals surface area contributed by atoms with E-state index in [1.165, 1.54) is 62.8 Å². The lowest BCUT2D eigenvalue weighted by molar-refractivity contribution is -0.385. The quantitative estimate of drug-likeness (QED) is 0.234. The van der Waals surface area contributed by atoms with Crippen molar-refractivity contribution in [2.75, 3.05) is 24.9 Å². The average Bonchev–Trinajstić information content (AvgIpc) is 2.96. The molecule has 3 N–H and O–H groups in total. The molecular formula is C29H27N5O8. The Morgan fingerprint density at radius 3 is 1.64 bits per heavy atom. The van der Waals surface area contributed by atoms with E-state index in [0.29, 0.717) is 28.5 Å². The molecule has 13 heteroatoms. The SMILES string of the molecule is COc1ccc(C2C(C(=O)Nc3cccc([N+](=O)[O-])c3)=C(C)NC(C)=C2C(=O)Nc2cccc([N+](=O)[O-])c2)cc1OC. The molecule has 0 unspecified atom stereocenters. The second-order valence-electron chi connectivity index (χ2n) is 9.27. The number of allylic oxidation sites excluding steroid dienone is 2. The van der Waals surface area contributed by atoms with Gasteiger partial charge in [-0.3, -0.25) is 29.8 Å². The summed E-state index contributed by atoms with van der Waals surface area (Å²) in [5.74, 6) is -1.35. The third kappa shape index (κ3) is 6.04. The number of rotatable bonds is 9. The van der Waals surface area contributed by atoms with Crippen LogP contribution in [-0.4, -0.2) is 35.9 Å². The Kier molecular flexibility index (Phi) is 8.51. The highest BCUT2D eigenvalue weighted by Gasteiger charge is 2.37. The third-order valence-corrected chi connectivity index (χ3v) is 6.62. The highest BCUT2D eigenvalue weighted by molar-refractivity contribution is 6.12. The van der Waals surface area contributed by atoms with Crippen LogP contribution in [0.15, 0.2) is 89.3 Å². The molecule has 0 saturated carbocycles. The summed E-state index contributed by atoms with van der Waals surface area (Å²) in [5, 5.41) is 31.0. The van der Waals surface area contributed by atoms with Gasteiger partial charge in [-0.05, 0) is 43.7 Å². The summed E-state index contributed by atoms with van der Waals surface area (Å²) in [4.78, 5) is 49.0. The second-order valence-corrected chi connectivity index (χ2v) is 9.27. The largest absolute Gasteiger partial charge is 0.493 e. The molecule has 0 bridgehead atoms. The van der Waals surface area contributed by atoms with Gasteiger partial charge in [0.05, 0.1) is 24.1 Å². The van der Waals surface area contributed by atoms with E-state index in [1.807, 2.05) is 0 Å². The fraction of sp³-hybridized carbons (Fsp3) is 0.172. The summed E-state index contributed by atoms with van der Waals surface area (Å²) in [6, 6.07) is 16.0. The van der Waals surface area contributed by atoms with Crippen LogP contribution in [0.25, 0.3) is 0 Å². The molecule has 1 aliphatic rings. The summed E-state index contributed by atoms with van der Waals surface area (Å²) in [6.45, 7) is 3.35. The van der Waals surface area contributed by atoms with Crippen LogP contribution in [-0.2, 0) is 9.59 Å². The molecule has 2 amide bonds. The molecular weight excluding hydrogens is 546 g/mol. The van der Waals surface area contributed by atoms with Crippen LogP contribution in [0.4, 0.5) is 22.7 Å². The van der Waals surface area contributed by atoms with Gasteiger partial charge in [0.1, 0.15) is 0 Å². The second kappa shape index (κ2) is 12.2. The number of nitro benzene ring substituents is 2. The molecule has 3 aromatic carbocycles. The standard InChI is InChI=1S/C29H27N5O8/c1-16-25(28(35)31-19-7-5-9-21(14-19)33(37)38)27(18-11-12-23(41-3)24(13-18)42-4)26(17(2)30-16)29(36)32-20-8-6-10-22(15-20)34(39)40/h5-15,27,30H,1-4H3,(H,31,35)(H,32,36). The van der Waals surface area contributed by atoms with E-state index in [-0.39, 0.29) is 33.9 Å². The van der Waals surface area contributed by atoms with Gasteiger partial charge in [0.2, 0.25) is 0 Å². The molecule has 0 saturated heterocycles. The summed E-state index contributed by atoms with van der Waals surface area (Å²) in [5.41, 5.74) is 1.72. The number of carbonyl (C=O) groups excluding carboxylic acids is 2. The van der Waals surface area contributed by atoms with Gasteiger partial charge in [-0.25, -0.2) is 0 Å². The van der Waals surface area contributed by atoms with E-state index >= 15 is 0 Å². The number of dihydropyridines is 1. The van der Waals surface area contributed by atoms with Gasteiger partial charge >= 0.3 is 0 Å². The Labute approximate surface area is 240 Å². The fourth-order valence-electron chi connectivity index (χ4n) is 4.75. The van der Waals surface area contributed by atoms with E-state index in [2.05, 4.69) is 16.0 Å². The first-order valence-corrected chi connectivity index (χ1v) is 12.6. The minimum atomic E-state index is -0.941. The van der Waals surface area contributed by atoms with Gasteiger partial charge < -0.3 is 25.4 Å². The predicted molar refractivity (Wildman–Crippen MR) is 154 cm³/mol. The number of carbonyl (C=O) groups is 2. The van der Waals surface area contributed by atoms with E-state index in [4.69, 9.17) is 9.47 Å². The maximum absolute atomic E-state index is 13.8. The molecule has 1 aliphatic heterocycles. The minimum absolute atomic E-state index is 0.170. The monoisotopic (exact) mass is 573 g/mol. The van der Waals surface area contributed by atoms with Gasteiger partial charge in [0, 0.05) is 64.1 Å². The molecule has 13 nitrogen and oxygen atoms in total. The zero-order chi connectivity index (χ0) is 30.6. The smallest absolute Gasteiger partial charge is 0.271 e. The number of methoxy groups -OCH3 is 2. The number of nitrogens with one attached hydrogen (secondary N) is 3. The lowest BCUT2D eigenvalue weighted by atomic mass is 9.79. The molecule has 1 heterocycles. The number of ether oxygens (including phenoxy) is 2. The van der Waals surface area contributed by atoms with Crippen molar-refractivity contribution in [2.24, 2.45) is 0 Å². The molecule has 216 valence electrons. The molecule has 0 fully saturated rings. The first kappa shape index (κ1) is 29.3.